The third-order valence-corrected chi connectivity index (χ3v) is 4.43. The van der Waals surface area contributed by atoms with Gasteiger partial charge in [-0.2, -0.15) is 9.36 Å². The van der Waals surface area contributed by atoms with Crippen LogP contribution in [0.25, 0.3) is 5.69 Å². The normalized spacial score (nSPS) is 10.9. The van der Waals surface area contributed by atoms with E-state index in [4.69, 9.17) is 4.74 Å². The van der Waals surface area contributed by atoms with Crippen molar-refractivity contribution in [1.82, 2.24) is 19.8 Å². The van der Waals surface area contributed by atoms with Crippen LogP contribution in [0.4, 0.5) is 0 Å². The number of aromatic nitrogens is 4. The molecule has 6 nitrogen and oxygen atoms in total. The molecule has 0 fully saturated rings. The van der Waals surface area contributed by atoms with Crippen LogP contribution in [0.5, 0.6) is 5.75 Å². The summed E-state index contributed by atoms with van der Waals surface area (Å²) in [5, 5.41) is 7.83. The van der Waals surface area contributed by atoms with Crippen molar-refractivity contribution in [2.45, 2.75) is 40.2 Å². The molecule has 0 saturated carbocycles. The molecule has 0 N–H and O–H groups in total. The van der Waals surface area contributed by atoms with Gasteiger partial charge < -0.3 is 4.74 Å². The molecule has 1 heterocycles. The fourth-order valence-corrected chi connectivity index (χ4v) is 2.97. The lowest BCUT2D eigenvalue weighted by Crippen LogP contribution is -2.23. The summed E-state index contributed by atoms with van der Waals surface area (Å²) >= 11 is 0. The molecule has 0 spiro atoms. The van der Waals surface area contributed by atoms with Crippen LogP contribution in [-0.4, -0.2) is 19.8 Å². The Kier molecular flexibility index (Phi) is 5.21. The molecule has 0 unspecified atom stereocenters. The van der Waals surface area contributed by atoms with Crippen LogP contribution in [0.15, 0.2) is 41.2 Å². The number of benzene rings is 2. The maximum Gasteiger partial charge on any atom is 0.368 e. The zero-order valence-corrected chi connectivity index (χ0v) is 15.7. The van der Waals surface area contributed by atoms with E-state index in [0.717, 1.165) is 46.5 Å². The lowest BCUT2D eigenvalue weighted by atomic mass is 10.0. The Morgan fingerprint density at radius 2 is 1.92 bits per heavy atom. The molecule has 0 aliphatic rings. The summed E-state index contributed by atoms with van der Waals surface area (Å²) in [7, 11) is 1.59. The lowest BCUT2D eigenvalue weighted by molar-refractivity contribution is 0.302. The Morgan fingerprint density at radius 3 is 2.62 bits per heavy atom. The second-order valence-corrected chi connectivity index (χ2v) is 6.52. The lowest BCUT2D eigenvalue weighted by Gasteiger charge is -2.16. The van der Waals surface area contributed by atoms with Crippen molar-refractivity contribution in [3.63, 3.8) is 0 Å². The Labute approximate surface area is 153 Å². The molecule has 0 saturated heterocycles. The molecule has 2 aromatic carbocycles. The van der Waals surface area contributed by atoms with Gasteiger partial charge >= 0.3 is 5.69 Å². The van der Waals surface area contributed by atoms with Gasteiger partial charge in [0.25, 0.3) is 0 Å². The molecule has 0 aliphatic heterocycles. The summed E-state index contributed by atoms with van der Waals surface area (Å²) in [5.74, 6) is 0.855. The fourth-order valence-electron chi connectivity index (χ4n) is 2.97. The first-order chi connectivity index (χ1) is 12.5. The fraction of sp³-hybridized carbons (Fsp3) is 0.350. The van der Waals surface area contributed by atoms with Gasteiger partial charge in [0, 0.05) is 12.6 Å². The molecule has 0 atom stereocenters. The van der Waals surface area contributed by atoms with Gasteiger partial charge in [-0.25, -0.2) is 4.79 Å². The van der Waals surface area contributed by atoms with Crippen LogP contribution < -0.4 is 10.4 Å². The average molecular weight is 352 g/mol. The van der Waals surface area contributed by atoms with Gasteiger partial charge in [0.15, 0.2) is 0 Å². The van der Waals surface area contributed by atoms with Crippen LogP contribution >= 0.6 is 0 Å². The second-order valence-electron chi connectivity index (χ2n) is 6.52. The predicted octanol–water partition coefficient (Wildman–Crippen LogP) is 3.11. The summed E-state index contributed by atoms with van der Waals surface area (Å²) in [6.07, 6.45) is 1.92. The van der Waals surface area contributed by atoms with Crippen LogP contribution in [0.2, 0.25) is 0 Å². The van der Waals surface area contributed by atoms with Crippen molar-refractivity contribution in [1.29, 1.82) is 0 Å². The van der Waals surface area contributed by atoms with E-state index in [1.165, 1.54) is 9.36 Å². The van der Waals surface area contributed by atoms with Crippen molar-refractivity contribution in [2.75, 3.05) is 0 Å². The first-order valence-electron chi connectivity index (χ1n) is 8.81. The zero-order valence-electron chi connectivity index (χ0n) is 15.7. The summed E-state index contributed by atoms with van der Waals surface area (Å²) in [6, 6.07) is 12.1. The van der Waals surface area contributed by atoms with Crippen molar-refractivity contribution in [2.24, 2.45) is 7.05 Å². The smallest absolute Gasteiger partial charge is 0.368 e. The van der Waals surface area contributed by atoms with Crippen molar-refractivity contribution in [3.05, 3.63) is 69.1 Å². The summed E-state index contributed by atoms with van der Waals surface area (Å²) in [6.45, 7) is 6.58. The maximum absolute atomic E-state index is 12.3. The number of hydrogen-bond acceptors (Lipinski definition) is 4. The van der Waals surface area contributed by atoms with Gasteiger partial charge in [0.2, 0.25) is 0 Å². The molecule has 1 aromatic heterocycles. The SMILES string of the molecule is CCCc1cccc(-n2nnn(C)c2=O)c1COc1cc(C)ccc1C. The summed E-state index contributed by atoms with van der Waals surface area (Å²) in [5.41, 5.74) is 4.82. The molecule has 0 radical (unpaired) electrons. The van der Waals surface area contributed by atoms with Crippen molar-refractivity contribution < 1.29 is 4.74 Å². The van der Waals surface area contributed by atoms with Crippen molar-refractivity contribution in [3.8, 4) is 11.4 Å². The van der Waals surface area contributed by atoms with Crippen LogP contribution in [0.1, 0.15) is 35.6 Å². The minimum absolute atomic E-state index is 0.272. The largest absolute Gasteiger partial charge is 0.489 e. The highest BCUT2D eigenvalue weighted by atomic mass is 16.5. The van der Waals surface area contributed by atoms with Gasteiger partial charge in [-0.05, 0) is 59.5 Å². The molecule has 0 amide bonds. The highest BCUT2D eigenvalue weighted by Crippen LogP contribution is 2.24. The molecule has 6 heteroatoms. The second kappa shape index (κ2) is 7.56. The molecular formula is C20H24N4O2. The van der Waals surface area contributed by atoms with Crippen LogP contribution in [0.3, 0.4) is 0 Å². The highest BCUT2D eigenvalue weighted by molar-refractivity contribution is 5.46. The summed E-state index contributed by atoms with van der Waals surface area (Å²) < 4.78 is 8.69. The first-order valence-corrected chi connectivity index (χ1v) is 8.81. The van der Waals surface area contributed by atoms with Crippen LogP contribution in [-0.2, 0) is 20.1 Å². The predicted molar refractivity (Wildman–Crippen MR) is 101 cm³/mol. The van der Waals surface area contributed by atoms with E-state index in [9.17, 15) is 4.79 Å². The van der Waals surface area contributed by atoms with Gasteiger partial charge in [-0.3, -0.25) is 0 Å². The Morgan fingerprint density at radius 1 is 1.12 bits per heavy atom. The number of ether oxygens (including phenoxy) is 1. The van der Waals surface area contributed by atoms with E-state index >= 15 is 0 Å². The van der Waals surface area contributed by atoms with Gasteiger partial charge in [0.05, 0.1) is 5.69 Å². The van der Waals surface area contributed by atoms with Gasteiger partial charge in [0.1, 0.15) is 12.4 Å². The van der Waals surface area contributed by atoms with E-state index in [1.54, 1.807) is 7.05 Å². The quantitative estimate of drug-likeness (QED) is 0.684. The van der Waals surface area contributed by atoms with E-state index in [0.29, 0.717) is 6.61 Å². The first kappa shape index (κ1) is 17.9. The Bertz CT molecular complexity index is 972. The molecule has 0 bridgehead atoms. The zero-order chi connectivity index (χ0) is 18.7. The van der Waals surface area contributed by atoms with Gasteiger partial charge in [-0.1, -0.05) is 37.6 Å². The van der Waals surface area contributed by atoms with Gasteiger partial charge in [-0.15, -0.1) is 0 Å². The average Bonchev–Trinajstić information content (AvgIpc) is 2.95. The minimum atomic E-state index is -0.272. The van der Waals surface area contributed by atoms with E-state index in [-0.39, 0.29) is 5.69 Å². The topological polar surface area (TPSA) is 61.9 Å². The molecule has 136 valence electrons. The molecule has 26 heavy (non-hydrogen) atoms. The minimum Gasteiger partial charge on any atom is -0.489 e. The van der Waals surface area contributed by atoms with Crippen LogP contribution in [0, 0.1) is 13.8 Å². The third-order valence-electron chi connectivity index (χ3n) is 4.43. The summed E-state index contributed by atoms with van der Waals surface area (Å²) in [4.78, 5) is 12.3. The molecule has 3 aromatic rings. The number of tetrazole rings is 1. The number of rotatable bonds is 6. The molecule has 0 aliphatic carbocycles. The molecular weight excluding hydrogens is 328 g/mol. The third kappa shape index (κ3) is 3.54. The molecule has 3 rings (SSSR count). The maximum atomic E-state index is 12.3. The number of nitrogens with zero attached hydrogens (tertiary/aromatic N) is 4. The van der Waals surface area contributed by atoms with Crippen molar-refractivity contribution >= 4 is 0 Å². The standard InChI is InChI=1S/C20H24N4O2/c1-5-7-16-8-6-9-18(24-20(25)23(4)21-22-24)17(16)13-26-19-12-14(2)10-11-15(19)3/h6,8-12H,5,7,13H2,1-4H3. The number of hydrogen-bond donors (Lipinski definition) is 0. The Balaban J connectivity index is 2.02. The van der Waals surface area contributed by atoms with E-state index in [2.05, 4.69) is 35.5 Å². The highest BCUT2D eigenvalue weighted by Gasteiger charge is 2.15. The van der Waals surface area contributed by atoms with E-state index < -0.39 is 0 Å². The number of aryl methyl sites for hydroxylation is 4. The van der Waals surface area contributed by atoms with E-state index in [1.807, 2.05) is 32.0 Å². The monoisotopic (exact) mass is 352 g/mol. The Hall–Kier alpha value is -2.89.